The summed E-state index contributed by atoms with van der Waals surface area (Å²) in [6.07, 6.45) is 0. The maximum absolute atomic E-state index is 13.7. The third-order valence-corrected chi connectivity index (χ3v) is 6.76. The van der Waals surface area contributed by atoms with E-state index in [4.69, 9.17) is 11.6 Å². The smallest absolute Gasteiger partial charge is 0.236 e. The number of carbonyl (C=O) groups is 1. The lowest BCUT2D eigenvalue weighted by atomic mass is 10.2. The van der Waals surface area contributed by atoms with Crippen LogP contribution in [0.5, 0.6) is 0 Å². The van der Waals surface area contributed by atoms with Crippen molar-refractivity contribution in [3.05, 3.63) is 70.5 Å². The molecular weight excluding hydrogens is 425 g/mol. The summed E-state index contributed by atoms with van der Waals surface area (Å²) in [5.74, 6) is 0.731. The van der Waals surface area contributed by atoms with E-state index in [1.165, 1.54) is 34.7 Å². The fourth-order valence-corrected chi connectivity index (χ4v) is 5.00. The van der Waals surface area contributed by atoms with E-state index in [0.29, 0.717) is 21.5 Å². The van der Waals surface area contributed by atoms with Gasteiger partial charge in [-0.1, -0.05) is 71.1 Å². The van der Waals surface area contributed by atoms with Gasteiger partial charge in [0, 0.05) is 22.1 Å². The van der Waals surface area contributed by atoms with Crippen LogP contribution in [0.3, 0.4) is 0 Å². The second kappa shape index (κ2) is 10.1. The monoisotopic (exact) mass is 439 g/mol. The quantitative estimate of drug-likeness (QED) is 0.371. The van der Waals surface area contributed by atoms with Crippen molar-refractivity contribution < 1.29 is 9.18 Å². The molecule has 140 valence electrons. The van der Waals surface area contributed by atoms with Gasteiger partial charge in [0.2, 0.25) is 11.0 Å². The Morgan fingerprint density at radius 3 is 2.70 bits per heavy atom. The molecular formula is C18H15ClFN3OS3. The highest BCUT2D eigenvalue weighted by Crippen LogP contribution is 2.28. The van der Waals surface area contributed by atoms with Crippen LogP contribution in [0.4, 0.5) is 9.52 Å². The molecule has 1 heterocycles. The largest absolute Gasteiger partial charge is 0.300 e. The molecule has 27 heavy (non-hydrogen) atoms. The first-order valence-electron chi connectivity index (χ1n) is 7.92. The molecule has 0 aliphatic rings. The zero-order valence-electron chi connectivity index (χ0n) is 14.0. The van der Waals surface area contributed by atoms with Crippen LogP contribution in [0.1, 0.15) is 11.1 Å². The lowest BCUT2D eigenvalue weighted by Crippen LogP contribution is -2.14. The molecule has 0 bridgehead atoms. The Labute approximate surface area is 173 Å². The van der Waals surface area contributed by atoms with Gasteiger partial charge in [-0.2, -0.15) is 0 Å². The second-order valence-electron chi connectivity index (χ2n) is 5.39. The maximum atomic E-state index is 13.7. The van der Waals surface area contributed by atoms with Crippen LogP contribution in [0.15, 0.2) is 52.9 Å². The van der Waals surface area contributed by atoms with Gasteiger partial charge in [-0.05, 0) is 17.7 Å². The van der Waals surface area contributed by atoms with Gasteiger partial charge in [-0.25, -0.2) is 4.39 Å². The van der Waals surface area contributed by atoms with Crippen molar-refractivity contribution in [2.24, 2.45) is 0 Å². The minimum absolute atomic E-state index is 0.177. The summed E-state index contributed by atoms with van der Waals surface area (Å²) in [4.78, 5) is 12.0. The molecule has 2 aromatic carbocycles. The van der Waals surface area contributed by atoms with Crippen LogP contribution < -0.4 is 5.32 Å². The molecule has 4 nitrogen and oxygen atoms in total. The normalized spacial score (nSPS) is 10.7. The lowest BCUT2D eigenvalue weighted by Gasteiger charge is -2.05. The first-order chi connectivity index (χ1) is 13.1. The summed E-state index contributed by atoms with van der Waals surface area (Å²) in [5.41, 5.74) is 1.61. The fraction of sp³-hybridized carbons (Fsp3) is 0.167. The molecule has 0 aliphatic heterocycles. The highest BCUT2D eigenvalue weighted by molar-refractivity contribution is 8.00. The SMILES string of the molecule is O=C(CSCc1c(F)cccc1Cl)Nc1nnc(SCc2ccccc2)s1. The van der Waals surface area contributed by atoms with Gasteiger partial charge >= 0.3 is 0 Å². The molecule has 1 amide bonds. The molecule has 9 heteroatoms. The van der Waals surface area contributed by atoms with Crippen molar-refractivity contribution in [3.63, 3.8) is 0 Å². The molecule has 1 N–H and O–H groups in total. The van der Waals surface area contributed by atoms with Crippen LogP contribution >= 0.6 is 46.5 Å². The molecule has 0 radical (unpaired) electrons. The summed E-state index contributed by atoms with van der Waals surface area (Å²) in [6, 6.07) is 14.6. The number of carbonyl (C=O) groups excluding carboxylic acids is 1. The van der Waals surface area contributed by atoms with Crippen molar-refractivity contribution in [1.29, 1.82) is 0 Å². The van der Waals surface area contributed by atoms with Crippen LogP contribution in [-0.2, 0) is 16.3 Å². The number of rotatable bonds is 8. The van der Waals surface area contributed by atoms with E-state index < -0.39 is 0 Å². The molecule has 0 saturated carbocycles. The minimum atomic E-state index is -0.361. The van der Waals surface area contributed by atoms with E-state index in [0.717, 1.165) is 10.1 Å². The standard InChI is InChI=1S/C18H15ClFN3OS3/c19-14-7-4-8-15(20)13(14)10-25-11-16(24)21-17-22-23-18(27-17)26-9-12-5-2-1-3-6-12/h1-8H,9-11H2,(H,21,22,24). The average Bonchev–Trinajstić information content (AvgIpc) is 3.10. The zero-order chi connectivity index (χ0) is 19.1. The van der Waals surface area contributed by atoms with Gasteiger partial charge in [0.05, 0.1) is 5.75 Å². The van der Waals surface area contributed by atoms with Crippen molar-refractivity contribution in [2.45, 2.75) is 15.8 Å². The number of nitrogens with zero attached hydrogens (tertiary/aromatic N) is 2. The number of nitrogens with one attached hydrogen (secondary N) is 1. The average molecular weight is 440 g/mol. The Bertz CT molecular complexity index is 888. The van der Waals surface area contributed by atoms with Gasteiger partial charge < -0.3 is 0 Å². The van der Waals surface area contributed by atoms with Crippen molar-refractivity contribution in [2.75, 3.05) is 11.1 Å². The number of benzene rings is 2. The molecule has 0 aliphatic carbocycles. The Balaban J connectivity index is 1.44. The molecule has 3 rings (SSSR count). The number of anilines is 1. The predicted octanol–water partition coefficient (Wildman–Crippen LogP) is 5.49. The molecule has 0 atom stereocenters. The fourth-order valence-electron chi connectivity index (χ4n) is 2.11. The van der Waals surface area contributed by atoms with Gasteiger partial charge in [0.1, 0.15) is 5.82 Å². The number of hydrogen-bond acceptors (Lipinski definition) is 6. The van der Waals surface area contributed by atoms with Crippen LogP contribution in [-0.4, -0.2) is 21.9 Å². The topological polar surface area (TPSA) is 54.9 Å². The summed E-state index contributed by atoms with van der Waals surface area (Å²) >= 11 is 10.2. The number of aromatic nitrogens is 2. The third-order valence-electron chi connectivity index (χ3n) is 3.40. The molecule has 0 fully saturated rings. The molecule has 0 spiro atoms. The summed E-state index contributed by atoms with van der Waals surface area (Å²) in [6.45, 7) is 0. The zero-order valence-corrected chi connectivity index (χ0v) is 17.2. The number of amides is 1. The first-order valence-corrected chi connectivity index (χ1v) is 11.3. The van der Waals surface area contributed by atoms with Crippen LogP contribution in [0.25, 0.3) is 0 Å². The van der Waals surface area contributed by atoms with E-state index in [1.54, 1.807) is 23.9 Å². The van der Waals surface area contributed by atoms with E-state index in [-0.39, 0.29) is 17.5 Å². The van der Waals surface area contributed by atoms with E-state index >= 15 is 0 Å². The van der Waals surface area contributed by atoms with Gasteiger partial charge in [-0.3, -0.25) is 10.1 Å². The third kappa shape index (κ3) is 6.21. The summed E-state index contributed by atoms with van der Waals surface area (Å²) in [7, 11) is 0. The Morgan fingerprint density at radius 1 is 1.11 bits per heavy atom. The van der Waals surface area contributed by atoms with E-state index in [2.05, 4.69) is 27.6 Å². The van der Waals surface area contributed by atoms with Crippen molar-refractivity contribution in [3.8, 4) is 0 Å². The molecule has 0 saturated heterocycles. The molecule has 3 aromatic rings. The minimum Gasteiger partial charge on any atom is -0.300 e. The van der Waals surface area contributed by atoms with Crippen molar-refractivity contribution in [1.82, 2.24) is 10.2 Å². The maximum Gasteiger partial charge on any atom is 0.236 e. The Kier molecular flexibility index (Phi) is 7.51. The molecule has 0 unspecified atom stereocenters. The van der Waals surface area contributed by atoms with Gasteiger partial charge in [-0.15, -0.1) is 22.0 Å². The molecule has 1 aromatic heterocycles. The van der Waals surface area contributed by atoms with E-state index in [1.807, 2.05) is 18.2 Å². The summed E-state index contributed by atoms with van der Waals surface area (Å²) < 4.78 is 14.5. The van der Waals surface area contributed by atoms with Gasteiger partial charge in [0.25, 0.3) is 0 Å². The van der Waals surface area contributed by atoms with Crippen molar-refractivity contribution >= 4 is 57.5 Å². The highest BCUT2D eigenvalue weighted by Gasteiger charge is 2.11. The van der Waals surface area contributed by atoms with E-state index in [9.17, 15) is 9.18 Å². The Hall–Kier alpha value is -1.61. The number of halogens is 2. The lowest BCUT2D eigenvalue weighted by molar-refractivity contribution is -0.113. The van der Waals surface area contributed by atoms with Crippen LogP contribution in [0.2, 0.25) is 5.02 Å². The Morgan fingerprint density at radius 2 is 1.93 bits per heavy atom. The first kappa shape index (κ1) is 20.1. The number of thioether (sulfide) groups is 2. The highest BCUT2D eigenvalue weighted by atomic mass is 35.5. The summed E-state index contributed by atoms with van der Waals surface area (Å²) in [5, 5.41) is 11.6. The predicted molar refractivity (Wildman–Crippen MR) is 112 cm³/mol. The second-order valence-corrected chi connectivity index (χ2v) is 8.98. The van der Waals surface area contributed by atoms with Gasteiger partial charge in [0.15, 0.2) is 4.34 Å². The number of hydrogen-bond donors (Lipinski definition) is 1. The van der Waals surface area contributed by atoms with Crippen LogP contribution in [0, 0.1) is 5.82 Å².